The number of benzene rings is 1. The van der Waals surface area contributed by atoms with E-state index in [2.05, 4.69) is 16.0 Å². The van der Waals surface area contributed by atoms with E-state index in [1.165, 1.54) is 0 Å². The first-order valence-electron chi connectivity index (χ1n) is 8.15. The highest BCUT2D eigenvalue weighted by molar-refractivity contribution is 5.81. The molecular weight excluding hydrogens is 290 g/mol. The van der Waals surface area contributed by atoms with Crippen LogP contribution in [0, 0.1) is 0 Å². The molecule has 5 heteroatoms. The number of carbonyl (C=O) groups excluding carboxylic acids is 2. The lowest BCUT2D eigenvalue weighted by Crippen LogP contribution is -2.45. The molecule has 0 bridgehead atoms. The van der Waals surface area contributed by atoms with Crippen molar-refractivity contribution in [3.63, 3.8) is 0 Å². The molecule has 23 heavy (non-hydrogen) atoms. The summed E-state index contributed by atoms with van der Waals surface area (Å²) in [6.07, 6.45) is 1.25. The van der Waals surface area contributed by atoms with E-state index in [0.717, 1.165) is 17.7 Å². The van der Waals surface area contributed by atoms with Crippen LogP contribution in [0.2, 0.25) is 0 Å². The number of hydrogen-bond donors (Lipinski definition) is 3. The van der Waals surface area contributed by atoms with Crippen molar-refractivity contribution < 1.29 is 9.59 Å². The Balaban J connectivity index is 2.45. The molecule has 0 aliphatic heterocycles. The van der Waals surface area contributed by atoms with E-state index < -0.39 is 0 Å². The number of nitrogens with one attached hydrogen (secondary N) is 3. The van der Waals surface area contributed by atoms with Gasteiger partial charge in [-0.25, -0.2) is 0 Å². The molecule has 1 rings (SSSR count). The quantitative estimate of drug-likeness (QED) is 0.689. The summed E-state index contributed by atoms with van der Waals surface area (Å²) >= 11 is 0. The lowest BCUT2D eigenvalue weighted by Gasteiger charge is -2.24. The fourth-order valence-electron chi connectivity index (χ4n) is 1.99. The van der Waals surface area contributed by atoms with Gasteiger partial charge in [-0.2, -0.15) is 0 Å². The summed E-state index contributed by atoms with van der Waals surface area (Å²) in [4.78, 5) is 23.6. The number of carbonyl (C=O) groups is 2. The van der Waals surface area contributed by atoms with Gasteiger partial charge < -0.3 is 16.0 Å². The Morgan fingerprint density at radius 1 is 1.09 bits per heavy atom. The van der Waals surface area contributed by atoms with Crippen LogP contribution in [0.3, 0.4) is 0 Å². The smallest absolute Gasteiger partial charge is 0.239 e. The first-order chi connectivity index (χ1) is 10.7. The van der Waals surface area contributed by atoms with Gasteiger partial charge >= 0.3 is 0 Å². The number of amides is 2. The summed E-state index contributed by atoms with van der Waals surface area (Å²) in [6.45, 7) is 10.2. The maximum absolute atomic E-state index is 11.9. The normalized spacial score (nSPS) is 11.2. The molecule has 0 spiro atoms. The lowest BCUT2D eigenvalue weighted by molar-refractivity contribution is -0.121. The van der Waals surface area contributed by atoms with Crippen LogP contribution in [0.5, 0.6) is 0 Å². The predicted octanol–water partition coefficient (Wildman–Crippen LogP) is 2.47. The third kappa shape index (κ3) is 7.68. The summed E-state index contributed by atoms with van der Waals surface area (Å²) < 4.78 is 0. The Hall–Kier alpha value is -2.04. The second-order valence-electron chi connectivity index (χ2n) is 6.74. The molecule has 0 saturated carbocycles. The van der Waals surface area contributed by atoms with E-state index in [4.69, 9.17) is 0 Å². The number of anilines is 1. The second kappa shape index (κ2) is 8.56. The van der Waals surface area contributed by atoms with Gasteiger partial charge in [0.25, 0.3) is 0 Å². The van der Waals surface area contributed by atoms with Crippen molar-refractivity contribution in [2.24, 2.45) is 0 Å². The Kier molecular flexibility index (Phi) is 7.07. The maximum Gasteiger partial charge on any atom is 0.239 e. The van der Waals surface area contributed by atoms with Crippen LogP contribution in [0.1, 0.15) is 46.6 Å². The molecular formula is C18H29N3O2. The molecule has 0 fully saturated rings. The first kappa shape index (κ1) is 19.0. The summed E-state index contributed by atoms with van der Waals surface area (Å²) in [6, 6.07) is 7.72. The molecule has 0 aromatic heterocycles. The number of rotatable bonds is 8. The predicted molar refractivity (Wildman–Crippen MR) is 94.4 cm³/mol. The molecule has 1 aromatic carbocycles. The van der Waals surface area contributed by atoms with Crippen LogP contribution < -0.4 is 16.0 Å². The third-order valence-electron chi connectivity index (χ3n) is 3.58. The fraction of sp³-hybridized carbons (Fsp3) is 0.556. The van der Waals surface area contributed by atoms with Crippen molar-refractivity contribution >= 4 is 17.5 Å². The van der Waals surface area contributed by atoms with E-state index in [1.54, 1.807) is 0 Å². The highest BCUT2D eigenvalue weighted by Gasteiger charge is 2.17. The van der Waals surface area contributed by atoms with Crippen molar-refractivity contribution in [1.29, 1.82) is 0 Å². The van der Waals surface area contributed by atoms with Crippen LogP contribution in [0.25, 0.3) is 0 Å². The van der Waals surface area contributed by atoms with Gasteiger partial charge in [-0.05, 0) is 51.8 Å². The van der Waals surface area contributed by atoms with E-state index in [0.29, 0.717) is 6.42 Å². The Morgan fingerprint density at radius 3 is 2.22 bits per heavy atom. The molecule has 0 radical (unpaired) electrons. The van der Waals surface area contributed by atoms with Crippen LogP contribution >= 0.6 is 0 Å². The van der Waals surface area contributed by atoms with Crippen molar-refractivity contribution in [1.82, 2.24) is 10.6 Å². The molecule has 128 valence electrons. The monoisotopic (exact) mass is 319 g/mol. The fourth-order valence-corrected chi connectivity index (χ4v) is 1.99. The molecule has 2 amide bonds. The molecule has 0 heterocycles. The molecule has 0 aliphatic rings. The zero-order valence-electron chi connectivity index (χ0n) is 14.8. The van der Waals surface area contributed by atoms with Gasteiger partial charge in [0, 0.05) is 17.3 Å². The van der Waals surface area contributed by atoms with Gasteiger partial charge in [-0.15, -0.1) is 0 Å². The minimum Gasteiger partial charge on any atom is -0.376 e. The lowest BCUT2D eigenvalue weighted by atomic mass is 10.0. The summed E-state index contributed by atoms with van der Waals surface area (Å²) in [5.74, 6) is -0.0147. The van der Waals surface area contributed by atoms with Crippen molar-refractivity contribution in [2.75, 3.05) is 11.9 Å². The summed E-state index contributed by atoms with van der Waals surface area (Å²) in [7, 11) is 0. The molecule has 5 nitrogen and oxygen atoms in total. The van der Waals surface area contributed by atoms with E-state index in [-0.39, 0.29) is 29.9 Å². The van der Waals surface area contributed by atoms with Crippen LogP contribution in [0.15, 0.2) is 24.3 Å². The third-order valence-corrected chi connectivity index (χ3v) is 3.58. The van der Waals surface area contributed by atoms with Gasteiger partial charge in [0.1, 0.15) is 0 Å². The largest absolute Gasteiger partial charge is 0.376 e. The molecule has 0 saturated heterocycles. The maximum atomic E-state index is 11.9. The minimum absolute atomic E-state index is 0.0156. The Bertz CT molecular complexity index is 522. The van der Waals surface area contributed by atoms with Gasteiger partial charge in [0.05, 0.1) is 13.0 Å². The van der Waals surface area contributed by atoms with Crippen LogP contribution in [-0.2, 0) is 16.0 Å². The van der Waals surface area contributed by atoms with E-state index in [1.807, 2.05) is 58.9 Å². The van der Waals surface area contributed by atoms with Crippen molar-refractivity contribution in [3.8, 4) is 0 Å². The Labute approximate surface area is 139 Å². The summed E-state index contributed by atoms with van der Waals surface area (Å²) in [5, 5.41) is 8.93. The standard InChI is InChI=1S/C18H29N3O2/c1-6-18(4,5)21-17(23)12-19-15-9-7-14(8-10-15)11-16(22)20-13(2)3/h7-10,13,19H,6,11-12H2,1-5H3,(H,20,22)(H,21,23). The van der Waals surface area contributed by atoms with Crippen LogP contribution in [-0.4, -0.2) is 29.9 Å². The SMILES string of the molecule is CCC(C)(C)NC(=O)CNc1ccc(CC(=O)NC(C)C)cc1. The van der Waals surface area contributed by atoms with Gasteiger partial charge in [0.15, 0.2) is 0 Å². The molecule has 0 aliphatic carbocycles. The highest BCUT2D eigenvalue weighted by Crippen LogP contribution is 2.10. The topological polar surface area (TPSA) is 70.2 Å². The van der Waals surface area contributed by atoms with E-state index >= 15 is 0 Å². The summed E-state index contributed by atoms with van der Waals surface area (Å²) in [5.41, 5.74) is 1.62. The van der Waals surface area contributed by atoms with Crippen molar-refractivity contribution in [3.05, 3.63) is 29.8 Å². The molecule has 0 unspecified atom stereocenters. The highest BCUT2D eigenvalue weighted by atomic mass is 16.2. The average Bonchev–Trinajstić information content (AvgIpc) is 2.45. The number of hydrogen-bond acceptors (Lipinski definition) is 3. The van der Waals surface area contributed by atoms with Gasteiger partial charge in [-0.1, -0.05) is 19.1 Å². The minimum atomic E-state index is -0.188. The van der Waals surface area contributed by atoms with Gasteiger partial charge in [-0.3, -0.25) is 9.59 Å². The first-order valence-corrected chi connectivity index (χ1v) is 8.15. The van der Waals surface area contributed by atoms with Crippen molar-refractivity contribution in [2.45, 2.75) is 59.0 Å². The zero-order chi connectivity index (χ0) is 17.5. The molecule has 1 aromatic rings. The molecule has 3 N–H and O–H groups in total. The Morgan fingerprint density at radius 2 is 1.70 bits per heavy atom. The van der Waals surface area contributed by atoms with E-state index in [9.17, 15) is 9.59 Å². The van der Waals surface area contributed by atoms with Crippen LogP contribution in [0.4, 0.5) is 5.69 Å². The second-order valence-corrected chi connectivity index (χ2v) is 6.74. The average molecular weight is 319 g/mol. The van der Waals surface area contributed by atoms with Gasteiger partial charge in [0.2, 0.25) is 11.8 Å². The molecule has 0 atom stereocenters. The zero-order valence-corrected chi connectivity index (χ0v) is 14.8.